The molecule has 2 heterocycles. The molecule has 1 aliphatic heterocycles. The van der Waals surface area contributed by atoms with Crippen molar-refractivity contribution in [2.45, 2.75) is 25.4 Å². The number of carbonyl (C=O) groups is 2. The molecule has 6 heteroatoms. The van der Waals surface area contributed by atoms with Crippen LogP contribution >= 0.6 is 0 Å². The molecule has 1 fully saturated rings. The number of aromatic nitrogens is 1. The molecular weight excluding hydrogens is 236 g/mol. The average molecular weight is 250 g/mol. The van der Waals surface area contributed by atoms with Crippen LogP contribution in [-0.4, -0.2) is 34.2 Å². The maximum Gasteiger partial charge on any atom is 0.337 e. The number of nitrogens with one attached hydrogen (secondary N) is 1. The normalized spacial score (nSPS) is 22.7. The highest BCUT2D eigenvalue weighted by molar-refractivity contribution is 5.96. The third-order valence-electron chi connectivity index (χ3n) is 2.95. The van der Waals surface area contributed by atoms with Crippen molar-refractivity contribution >= 4 is 17.7 Å². The number of pyridine rings is 1. The van der Waals surface area contributed by atoms with E-state index in [0.717, 1.165) is 6.42 Å². The van der Waals surface area contributed by atoms with Gasteiger partial charge in [-0.2, -0.15) is 0 Å². The van der Waals surface area contributed by atoms with Crippen molar-refractivity contribution in [1.82, 2.24) is 4.98 Å². The van der Waals surface area contributed by atoms with Crippen molar-refractivity contribution in [3.8, 4) is 0 Å². The summed E-state index contributed by atoms with van der Waals surface area (Å²) >= 11 is 0. The summed E-state index contributed by atoms with van der Waals surface area (Å²) in [5, 5.41) is 11.3. The highest BCUT2D eigenvalue weighted by atomic mass is 16.5. The Kier molecular flexibility index (Phi) is 3.29. The van der Waals surface area contributed by atoms with Crippen molar-refractivity contribution in [1.29, 1.82) is 0 Å². The Balaban J connectivity index is 2.05. The first-order chi connectivity index (χ1) is 8.51. The number of amides is 1. The van der Waals surface area contributed by atoms with Gasteiger partial charge in [0.05, 0.1) is 5.56 Å². The second-order valence-corrected chi connectivity index (χ2v) is 4.37. The highest BCUT2D eigenvalue weighted by Gasteiger charge is 2.37. The monoisotopic (exact) mass is 250 g/mol. The Hall–Kier alpha value is -1.95. The molecule has 1 saturated heterocycles. The summed E-state index contributed by atoms with van der Waals surface area (Å²) in [4.78, 5) is 26.5. The molecule has 0 aliphatic carbocycles. The van der Waals surface area contributed by atoms with E-state index in [1.807, 2.05) is 0 Å². The predicted molar refractivity (Wildman–Crippen MR) is 63.4 cm³/mol. The number of hydrogen-bond acceptors (Lipinski definition) is 4. The van der Waals surface area contributed by atoms with E-state index in [0.29, 0.717) is 18.8 Å². The average Bonchev–Trinajstić information content (AvgIpc) is 2.78. The van der Waals surface area contributed by atoms with Gasteiger partial charge in [-0.15, -0.1) is 0 Å². The summed E-state index contributed by atoms with van der Waals surface area (Å²) in [6.45, 7) is 2.32. The first-order valence-electron chi connectivity index (χ1n) is 5.66. The van der Waals surface area contributed by atoms with Crippen molar-refractivity contribution < 1.29 is 19.4 Å². The number of nitrogens with zero attached hydrogens (tertiary/aromatic N) is 1. The molecule has 0 saturated carbocycles. The smallest absolute Gasteiger partial charge is 0.337 e. The lowest BCUT2D eigenvalue weighted by Gasteiger charge is -2.21. The van der Waals surface area contributed by atoms with Gasteiger partial charge in [0.1, 0.15) is 11.4 Å². The third-order valence-corrected chi connectivity index (χ3v) is 2.95. The van der Waals surface area contributed by atoms with Gasteiger partial charge in [0.2, 0.25) is 0 Å². The summed E-state index contributed by atoms with van der Waals surface area (Å²) in [6, 6.07) is 2.85. The van der Waals surface area contributed by atoms with Gasteiger partial charge in [-0.1, -0.05) is 0 Å². The molecule has 0 bridgehead atoms. The van der Waals surface area contributed by atoms with Crippen molar-refractivity contribution in [2.24, 2.45) is 0 Å². The van der Waals surface area contributed by atoms with Gasteiger partial charge in [-0.05, 0) is 31.9 Å². The molecule has 1 amide bonds. The standard InChI is InChI=1S/C12H14N2O4/c1-12(5-2-6-18-12)11(17)14-9-4-3-8(7-13-9)10(15)16/h3-4,7H,2,5-6H2,1H3,(H,15,16)(H,13,14,17). The second kappa shape index (κ2) is 4.73. The number of ether oxygens (including phenoxy) is 1. The molecule has 1 aromatic rings. The molecule has 6 nitrogen and oxygen atoms in total. The summed E-state index contributed by atoms with van der Waals surface area (Å²) < 4.78 is 5.40. The Labute approximate surface area is 104 Å². The van der Waals surface area contributed by atoms with Crippen LogP contribution in [0, 0.1) is 0 Å². The molecule has 1 aromatic heterocycles. The van der Waals surface area contributed by atoms with E-state index >= 15 is 0 Å². The Morgan fingerprint density at radius 2 is 2.28 bits per heavy atom. The highest BCUT2D eigenvalue weighted by Crippen LogP contribution is 2.26. The minimum Gasteiger partial charge on any atom is -0.478 e. The maximum atomic E-state index is 12.0. The van der Waals surface area contributed by atoms with Gasteiger partial charge in [0, 0.05) is 12.8 Å². The van der Waals surface area contributed by atoms with Gasteiger partial charge in [0.15, 0.2) is 0 Å². The quantitative estimate of drug-likeness (QED) is 0.843. The van der Waals surface area contributed by atoms with E-state index in [1.54, 1.807) is 6.92 Å². The first-order valence-corrected chi connectivity index (χ1v) is 5.66. The van der Waals surface area contributed by atoms with Gasteiger partial charge in [-0.25, -0.2) is 9.78 Å². The van der Waals surface area contributed by atoms with E-state index in [9.17, 15) is 9.59 Å². The number of rotatable bonds is 3. The molecule has 2 N–H and O–H groups in total. The molecule has 1 aliphatic rings. The number of aromatic carboxylic acids is 1. The number of carboxylic acid groups (broad SMARTS) is 1. The van der Waals surface area contributed by atoms with Gasteiger partial charge in [-0.3, -0.25) is 4.79 Å². The fraction of sp³-hybridized carbons (Fsp3) is 0.417. The molecular formula is C12H14N2O4. The molecule has 18 heavy (non-hydrogen) atoms. The lowest BCUT2D eigenvalue weighted by molar-refractivity contribution is -0.133. The Bertz CT molecular complexity index is 463. The van der Waals surface area contributed by atoms with E-state index in [1.165, 1.54) is 18.3 Å². The van der Waals surface area contributed by atoms with Crippen LogP contribution in [0.15, 0.2) is 18.3 Å². The number of hydrogen-bond donors (Lipinski definition) is 2. The van der Waals surface area contributed by atoms with Crippen molar-refractivity contribution in [2.75, 3.05) is 11.9 Å². The molecule has 1 unspecified atom stereocenters. The van der Waals surface area contributed by atoms with Crippen LogP contribution < -0.4 is 5.32 Å². The fourth-order valence-electron chi connectivity index (χ4n) is 1.80. The van der Waals surface area contributed by atoms with Crippen LogP contribution in [0.25, 0.3) is 0 Å². The second-order valence-electron chi connectivity index (χ2n) is 4.37. The van der Waals surface area contributed by atoms with Gasteiger partial charge in [0.25, 0.3) is 5.91 Å². The molecule has 2 rings (SSSR count). The van der Waals surface area contributed by atoms with Crippen molar-refractivity contribution in [3.63, 3.8) is 0 Å². The molecule has 1 atom stereocenters. The minimum atomic E-state index is -1.05. The summed E-state index contributed by atoms with van der Waals surface area (Å²) in [6.07, 6.45) is 2.73. The number of carbonyl (C=O) groups excluding carboxylic acids is 1. The van der Waals surface area contributed by atoms with Crippen LogP contribution in [-0.2, 0) is 9.53 Å². The van der Waals surface area contributed by atoms with E-state index in [4.69, 9.17) is 9.84 Å². The Morgan fingerprint density at radius 1 is 1.50 bits per heavy atom. The number of anilines is 1. The van der Waals surface area contributed by atoms with Crippen LogP contribution in [0.2, 0.25) is 0 Å². The fourth-order valence-corrected chi connectivity index (χ4v) is 1.80. The molecule has 96 valence electrons. The summed E-state index contributed by atoms with van der Waals surface area (Å²) in [5.74, 6) is -0.983. The van der Waals surface area contributed by atoms with Crippen LogP contribution in [0.3, 0.4) is 0 Å². The van der Waals surface area contributed by atoms with E-state index in [2.05, 4.69) is 10.3 Å². The molecule has 0 radical (unpaired) electrons. The molecule has 0 aromatic carbocycles. The SMILES string of the molecule is CC1(C(=O)Nc2ccc(C(=O)O)cn2)CCCO1. The summed E-state index contributed by atoms with van der Waals surface area (Å²) in [5.41, 5.74) is -0.732. The summed E-state index contributed by atoms with van der Waals surface area (Å²) in [7, 11) is 0. The van der Waals surface area contributed by atoms with E-state index in [-0.39, 0.29) is 11.5 Å². The van der Waals surface area contributed by atoms with Crippen LogP contribution in [0.4, 0.5) is 5.82 Å². The Morgan fingerprint density at radius 3 is 2.78 bits per heavy atom. The zero-order chi connectivity index (χ0) is 13.2. The molecule has 0 spiro atoms. The van der Waals surface area contributed by atoms with Crippen LogP contribution in [0.1, 0.15) is 30.1 Å². The third kappa shape index (κ3) is 2.48. The van der Waals surface area contributed by atoms with Gasteiger partial charge >= 0.3 is 5.97 Å². The zero-order valence-corrected chi connectivity index (χ0v) is 9.97. The number of carboxylic acids is 1. The van der Waals surface area contributed by atoms with E-state index < -0.39 is 11.6 Å². The minimum absolute atomic E-state index is 0.0799. The van der Waals surface area contributed by atoms with Gasteiger partial charge < -0.3 is 15.2 Å². The van der Waals surface area contributed by atoms with Crippen LogP contribution in [0.5, 0.6) is 0 Å². The lowest BCUT2D eigenvalue weighted by atomic mass is 10.0. The largest absolute Gasteiger partial charge is 0.478 e. The zero-order valence-electron chi connectivity index (χ0n) is 9.97. The maximum absolute atomic E-state index is 12.0. The van der Waals surface area contributed by atoms with Crippen molar-refractivity contribution in [3.05, 3.63) is 23.9 Å². The first kappa shape index (κ1) is 12.5. The lowest BCUT2D eigenvalue weighted by Crippen LogP contribution is -2.39. The predicted octanol–water partition coefficient (Wildman–Crippen LogP) is 1.29. The topological polar surface area (TPSA) is 88.5 Å².